The molecule has 32 heavy (non-hydrogen) atoms. The predicted molar refractivity (Wildman–Crippen MR) is 119 cm³/mol. The lowest BCUT2D eigenvalue weighted by atomic mass is 10.1. The molecule has 1 amide bonds. The number of halogens is 1. The molecule has 0 radical (unpaired) electrons. The van der Waals surface area contributed by atoms with E-state index in [4.69, 9.17) is 21.1 Å². The van der Waals surface area contributed by atoms with Crippen LogP contribution >= 0.6 is 11.6 Å². The first-order valence-electron chi connectivity index (χ1n) is 10.2. The summed E-state index contributed by atoms with van der Waals surface area (Å²) in [5.41, 5.74) is 1.00. The minimum atomic E-state index is -3.71. The van der Waals surface area contributed by atoms with Crippen molar-refractivity contribution in [3.05, 3.63) is 64.7 Å². The minimum absolute atomic E-state index is 0.0292. The summed E-state index contributed by atoms with van der Waals surface area (Å²) in [4.78, 5) is 24.3. The van der Waals surface area contributed by atoms with Gasteiger partial charge in [0.15, 0.2) is 6.61 Å². The van der Waals surface area contributed by atoms with Gasteiger partial charge in [-0.1, -0.05) is 23.7 Å². The fourth-order valence-corrected chi connectivity index (χ4v) is 4.39. The van der Waals surface area contributed by atoms with Crippen molar-refractivity contribution in [2.75, 3.05) is 19.8 Å². The molecule has 0 saturated carbocycles. The zero-order valence-corrected chi connectivity index (χ0v) is 19.1. The molecule has 3 rings (SSSR count). The number of ether oxygens (including phenoxy) is 2. The molecule has 10 heteroatoms. The third-order valence-electron chi connectivity index (χ3n) is 5.01. The summed E-state index contributed by atoms with van der Waals surface area (Å²) in [6.07, 6.45) is 1.62. The average molecular weight is 481 g/mol. The maximum absolute atomic E-state index is 12.4. The van der Waals surface area contributed by atoms with Crippen molar-refractivity contribution in [1.82, 2.24) is 10.0 Å². The highest BCUT2D eigenvalue weighted by molar-refractivity contribution is 7.89. The normalized spacial score (nSPS) is 17.0. The lowest BCUT2D eigenvalue weighted by Crippen LogP contribution is -2.32. The number of sulfonamides is 1. The van der Waals surface area contributed by atoms with Crippen LogP contribution in [0.25, 0.3) is 0 Å². The summed E-state index contributed by atoms with van der Waals surface area (Å²) in [7, 11) is -3.71. The maximum Gasteiger partial charge on any atom is 0.338 e. The smallest absolute Gasteiger partial charge is 0.338 e. The van der Waals surface area contributed by atoms with Gasteiger partial charge in [0, 0.05) is 18.2 Å². The van der Waals surface area contributed by atoms with Crippen molar-refractivity contribution in [3.63, 3.8) is 0 Å². The Labute approximate surface area is 192 Å². The van der Waals surface area contributed by atoms with Gasteiger partial charge in [0.1, 0.15) is 0 Å². The number of carbonyl (C=O) groups is 2. The summed E-state index contributed by atoms with van der Waals surface area (Å²) < 4.78 is 37.7. The molecule has 0 aromatic heterocycles. The van der Waals surface area contributed by atoms with E-state index in [0.717, 1.165) is 18.4 Å². The molecule has 2 aromatic rings. The highest BCUT2D eigenvalue weighted by atomic mass is 35.5. The van der Waals surface area contributed by atoms with Crippen LogP contribution in [-0.2, 0) is 24.3 Å². The third-order valence-corrected chi connectivity index (χ3v) is 6.70. The topological polar surface area (TPSA) is 111 Å². The van der Waals surface area contributed by atoms with Crippen molar-refractivity contribution < 1.29 is 27.5 Å². The summed E-state index contributed by atoms with van der Waals surface area (Å²) in [5, 5.41) is 3.33. The van der Waals surface area contributed by atoms with E-state index < -0.39 is 28.5 Å². The summed E-state index contributed by atoms with van der Waals surface area (Å²) in [5.74, 6) is -1.19. The van der Waals surface area contributed by atoms with E-state index >= 15 is 0 Å². The Morgan fingerprint density at radius 3 is 2.47 bits per heavy atom. The first-order chi connectivity index (χ1) is 15.2. The zero-order chi connectivity index (χ0) is 23.1. The standard InChI is InChI=1S/C22H25ClN2O6S/c1-15(16-4-8-18(23)9-5-16)25-21(26)14-31-22(27)17-6-10-20(11-7-17)32(28,29)24-13-19-3-2-12-30-19/h4-11,15,19,24H,2-3,12-14H2,1H3,(H,25,26). The largest absolute Gasteiger partial charge is 0.452 e. The number of hydrogen-bond donors (Lipinski definition) is 2. The van der Waals surface area contributed by atoms with Gasteiger partial charge in [0.2, 0.25) is 10.0 Å². The van der Waals surface area contributed by atoms with Crippen molar-refractivity contribution in [2.24, 2.45) is 0 Å². The molecule has 0 bridgehead atoms. The third kappa shape index (κ3) is 6.77. The van der Waals surface area contributed by atoms with Crippen molar-refractivity contribution >= 4 is 33.5 Å². The highest BCUT2D eigenvalue weighted by Crippen LogP contribution is 2.16. The number of rotatable bonds is 9. The number of hydrogen-bond acceptors (Lipinski definition) is 6. The predicted octanol–water partition coefficient (Wildman–Crippen LogP) is 2.83. The number of benzene rings is 2. The van der Waals surface area contributed by atoms with Crippen molar-refractivity contribution in [2.45, 2.75) is 36.8 Å². The van der Waals surface area contributed by atoms with Gasteiger partial charge in [0.25, 0.3) is 5.91 Å². The molecule has 8 nitrogen and oxygen atoms in total. The molecule has 0 aliphatic carbocycles. The summed E-state index contributed by atoms with van der Waals surface area (Å²) in [6.45, 7) is 2.19. The molecule has 2 N–H and O–H groups in total. The molecular formula is C22H25ClN2O6S. The van der Waals surface area contributed by atoms with Crippen LogP contribution in [0.5, 0.6) is 0 Å². The lowest BCUT2D eigenvalue weighted by Gasteiger charge is -2.14. The molecule has 172 valence electrons. The first kappa shape index (κ1) is 24.2. The van der Waals surface area contributed by atoms with Gasteiger partial charge >= 0.3 is 5.97 Å². The Morgan fingerprint density at radius 2 is 1.84 bits per heavy atom. The van der Waals surface area contributed by atoms with Crippen LogP contribution in [-0.4, -0.2) is 46.2 Å². The monoisotopic (exact) mass is 480 g/mol. The first-order valence-corrected chi connectivity index (χ1v) is 12.0. The molecule has 2 aromatic carbocycles. The van der Waals surface area contributed by atoms with Crippen LogP contribution < -0.4 is 10.0 Å². The van der Waals surface area contributed by atoms with Gasteiger partial charge in [-0.2, -0.15) is 0 Å². The van der Waals surface area contributed by atoms with Crippen LogP contribution in [0.1, 0.15) is 41.7 Å². The number of nitrogens with one attached hydrogen (secondary N) is 2. The Kier molecular flexibility index (Phi) is 8.25. The Hall–Kier alpha value is -2.46. The van der Waals surface area contributed by atoms with Gasteiger partial charge in [0.05, 0.1) is 22.6 Å². The lowest BCUT2D eigenvalue weighted by molar-refractivity contribution is -0.124. The Bertz CT molecular complexity index is 1040. The summed E-state index contributed by atoms with van der Waals surface area (Å²) in [6, 6.07) is 12.1. The van der Waals surface area contributed by atoms with Gasteiger partial charge in [-0.3, -0.25) is 4.79 Å². The van der Waals surface area contributed by atoms with Crippen LogP contribution in [0.15, 0.2) is 53.4 Å². The van der Waals surface area contributed by atoms with Crippen LogP contribution in [0, 0.1) is 0 Å². The Morgan fingerprint density at radius 1 is 1.16 bits per heavy atom. The maximum atomic E-state index is 12.4. The van der Waals surface area contributed by atoms with Gasteiger partial charge < -0.3 is 14.8 Å². The molecule has 0 spiro atoms. The van der Waals surface area contributed by atoms with E-state index in [2.05, 4.69) is 10.0 Å². The number of carbonyl (C=O) groups excluding carboxylic acids is 2. The SMILES string of the molecule is CC(NC(=O)COC(=O)c1ccc(S(=O)(=O)NCC2CCCO2)cc1)c1ccc(Cl)cc1. The second kappa shape index (κ2) is 10.9. The minimum Gasteiger partial charge on any atom is -0.452 e. The molecule has 1 aliphatic rings. The molecular weight excluding hydrogens is 456 g/mol. The fourth-order valence-electron chi connectivity index (χ4n) is 3.19. The second-order valence-corrected chi connectivity index (χ2v) is 9.63. The fraction of sp³-hybridized carbons (Fsp3) is 0.364. The average Bonchev–Trinajstić information content (AvgIpc) is 3.30. The van der Waals surface area contributed by atoms with E-state index in [0.29, 0.717) is 11.6 Å². The van der Waals surface area contributed by atoms with Crippen LogP contribution in [0.4, 0.5) is 0 Å². The van der Waals surface area contributed by atoms with E-state index in [1.807, 2.05) is 0 Å². The molecule has 2 atom stereocenters. The molecule has 1 heterocycles. The van der Waals surface area contributed by atoms with E-state index in [9.17, 15) is 18.0 Å². The molecule has 1 fully saturated rings. The van der Waals surface area contributed by atoms with Crippen LogP contribution in [0.3, 0.4) is 0 Å². The van der Waals surface area contributed by atoms with E-state index in [1.54, 1.807) is 31.2 Å². The summed E-state index contributed by atoms with van der Waals surface area (Å²) >= 11 is 5.86. The van der Waals surface area contributed by atoms with E-state index in [1.165, 1.54) is 24.3 Å². The van der Waals surface area contributed by atoms with E-state index in [-0.39, 0.29) is 29.1 Å². The number of amides is 1. The van der Waals surface area contributed by atoms with Gasteiger partial charge in [-0.05, 0) is 61.7 Å². The quantitative estimate of drug-likeness (QED) is 0.534. The van der Waals surface area contributed by atoms with Gasteiger partial charge in [-0.15, -0.1) is 0 Å². The second-order valence-electron chi connectivity index (χ2n) is 7.43. The molecule has 2 unspecified atom stereocenters. The Balaban J connectivity index is 1.48. The van der Waals surface area contributed by atoms with Gasteiger partial charge in [-0.25, -0.2) is 17.9 Å². The highest BCUT2D eigenvalue weighted by Gasteiger charge is 2.21. The van der Waals surface area contributed by atoms with Crippen LogP contribution in [0.2, 0.25) is 5.02 Å². The number of esters is 1. The molecule has 1 saturated heterocycles. The molecule has 1 aliphatic heterocycles. The van der Waals surface area contributed by atoms with Crippen molar-refractivity contribution in [3.8, 4) is 0 Å². The van der Waals surface area contributed by atoms with Crippen molar-refractivity contribution in [1.29, 1.82) is 0 Å². The zero-order valence-electron chi connectivity index (χ0n) is 17.5.